The van der Waals surface area contributed by atoms with Gasteiger partial charge in [-0.25, -0.2) is 4.79 Å². The number of nitrogens with two attached hydrogens (primary N) is 1. The molecule has 1 aromatic heterocycles. The SMILES string of the molecule is NC(=O)c1cn(C(=O)Nc2ccccc2)c2cccc(OC3CCCC3)c12. The summed E-state index contributed by atoms with van der Waals surface area (Å²) < 4.78 is 7.54. The van der Waals surface area contributed by atoms with E-state index in [1.54, 1.807) is 18.2 Å². The highest BCUT2D eigenvalue weighted by molar-refractivity contribution is 6.12. The first-order chi connectivity index (χ1) is 13.1. The summed E-state index contributed by atoms with van der Waals surface area (Å²) in [6.07, 6.45) is 5.90. The molecule has 0 bridgehead atoms. The molecule has 6 heteroatoms. The highest BCUT2D eigenvalue weighted by atomic mass is 16.5. The van der Waals surface area contributed by atoms with Crippen molar-refractivity contribution in [1.29, 1.82) is 0 Å². The van der Waals surface area contributed by atoms with Gasteiger partial charge < -0.3 is 15.8 Å². The molecule has 2 aromatic carbocycles. The molecule has 3 N–H and O–H groups in total. The summed E-state index contributed by atoms with van der Waals surface area (Å²) >= 11 is 0. The Morgan fingerprint density at radius 2 is 1.78 bits per heavy atom. The minimum absolute atomic E-state index is 0.137. The van der Waals surface area contributed by atoms with E-state index < -0.39 is 5.91 Å². The van der Waals surface area contributed by atoms with Gasteiger partial charge in [0.25, 0.3) is 5.91 Å². The van der Waals surface area contributed by atoms with Crippen LogP contribution in [0.5, 0.6) is 5.75 Å². The fourth-order valence-corrected chi connectivity index (χ4v) is 3.60. The van der Waals surface area contributed by atoms with Gasteiger partial charge in [0.05, 0.1) is 22.6 Å². The Morgan fingerprint density at radius 1 is 1.04 bits per heavy atom. The third kappa shape index (κ3) is 3.38. The molecule has 27 heavy (non-hydrogen) atoms. The lowest BCUT2D eigenvalue weighted by atomic mass is 10.1. The first kappa shape index (κ1) is 17.1. The van der Waals surface area contributed by atoms with Gasteiger partial charge in [0.1, 0.15) is 5.75 Å². The van der Waals surface area contributed by atoms with E-state index in [0.717, 1.165) is 25.7 Å². The summed E-state index contributed by atoms with van der Waals surface area (Å²) in [6, 6.07) is 14.2. The van der Waals surface area contributed by atoms with Crippen LogP contribution in [0.1, 0.15) is 36.0 Å². The van der Waals surface area contributed by atoms with E-state index in [0.29, 0.717) is 22.3 Å². The van der Waals surface area contributed by atoms with Gasteiger partial charge in [-0.2, -0.15) is 0 Å². The van der Waals surface area contributed by atoms with Crippen molar-refractivity contribution >= 4 is 28.5 Å². The van der Waals surface area contributed by atoms with Crippen molar-refractivity contribution in [3.63, 3.8) is 0 Å². The molecule has 1 aliphatic carbocycles. The number of fused-ring (bicyclic) bond motifs is 1. The molecule has 6 nitrogen and oxygen atoms in total. The van der Waals surface area contributed by atoms with Crippen LogP contribution in [0.3, 0.4) is 0 Å². The Kier molecular flexibility index (Phi) is 4.54. The molecular formula is C21H21N3O3. The number of amides is 2. The molecular weight excluding hydrogens is 342 g/mol. The van der Waals surface area contributed by atoms with Gasteiger partial charge in [-0.3, -0.25) is 9.36 Å². The number of aromatic nitrogens is 1. The Bertz CT molecular complexity index is 989. The highest BCUT2D eigenvalue weighted by Gasteiger charge is 2.23. The van der Waals surface area contributed by atoms with E-state index in [1.165, 1.54) is 10.8 Å². The number of carbonyl (C=O) groups excluding carboxylic acids is 2. The third-order valence-corrected chi connectivity index (χ3v) is 4.90. The second kappa shape index (κ2) is 7.15. The number of carbonyl (C=O) groups is 2. The zero-order valence-electron chi connectivity index (χ0n) is 14.9. The quantitative estimate of drug-likeness (QED) is 0.730. The van der Waals surface area contributed by atoms with Gasteiger partial charge in [0.2, 0.25) is 0 Å². The summed E-state index contributed by atoms with van der Waals surface area (Å²) in [6.45, 7) is 0. The fourth-order valence-electron chi connectivity index (χ4n) is 3.60. The maximum atomic E-state index is 12.8. The van der Waals surface area contributed by atoms with Gasteiger partial charge in [0.15, 0.2) is 0 Å². The van der Waals surface area contributed by atoms with Crippen LogP contribution < -0.4 is 15.8 Å². The highest BCUT2D eigenvalue weighted by Crippen LogP contribution is 2.33. The third-order valence-electron chi connectivity index (χ3n) is 4.90. The van der Waals surface area contributed by atoms with E-state index in [2.05, 4.69) is 5.32 Å². The lowest BCUT2D eigenvalue weighted by molar-refractivity contribution is 0.100. The topological polar surface area (TPSA) is 86.4 Å². The predicted molar refractivity (Wildman–Crippen MR) is 104 cm³/mol. The molecule has 1 heterocycles. The van der Waals surface area contributed by atoms with Gasteiger partial charge in [-0.05, 0) is 49.9 Å². The lowest BCUT2D eigenvalue weighted by Gasteiger charge is -2.14. The summed E-state index contributed by atoms with van der Waals surface area (Å²) in [5, 5.41) is 3.41. The van der Waals surface area contributed by atoms with Crippen molar-refractivity contribution in [1.82, 2.24) is 4.57 Å². The lowest BCUT2D eigenvalue weighted by Crippen LogP contribution is -2.18. The predicted octanol–water partition coefficient (Wildman–Crippen LogP) is 4.14. The zero-order valence-corrected chi connectivity index (χ0v) is 14.9. The summed E-state index contributed by atoms with van der Waals surface area (Å²) in [5.41, 5.74) is 7.12. The number of anilines is 1. The molecule has 138 valence electrons. The van der Waals surface area contributed by atoms with E-state index in [1.807, 2.05) is 30.3 Å². The summed E-state index contributed by atoms with van der Waals surface area (Å²) in [7, 11) is 0. The van der Waals surface area contributed by atoms with Gasteiger partial charge in [-0.15, -0.1) is 0 Å². The maximum absolute atomic E-state index is 12.8. The van der Waals surface area contributed by atoms with Crippen molar-refractivity contribution in [2.24, 2.45) is 5.73 Å². The number of rotatable bonds is 4. The smallest absolute Gasteiger partial charge is 0.330 e. The standard InChI is InChI=1S/C21H21N3O3/c22-20(25)16-13-24(21(26)23-14-7-2-1-3-8-14)17-11-6-12-18(19(16)17)27-15-9-4-5-10-15/h1-3,6-8,11-13,15H,4-5,9-10H2,(H2,22,25)(H,23,26). The molecule has 1 aliphatic rings. The molecule has 3 aromatic rings. The molecule has 0 unspecified atom stereocenters. The first-order valence-corrected chi connectivity index (χ1v) is 9.10. The largest absolute Gasteiger partial charge is 0.490 e. The minimum atomic E-state index is -0.589. The Hall–Kier alpha value is -3.28. The molecule has 1 fully saturated rings. The molecule has 0 saturated heterocycles. The second-order valence-electron chi connectivity index (χ2n) is 6.75. The van der Waals surface area contributed by atoms with Crippen LogP contribution in [0.15, 0.2) is 54.7 Å². The number of ether oxygens (including phenoxy) is 1. The van der Waals surface area contributed by atoms with E-state index in [4.69, 9.17) is 10.5 Å². The van der Waals surface area contributed by atoms with Gasteiger partial charge in [0, 0.05) is 11.9 Å². The monoisotopic (exact) mass is 363 g/mol. The van der Waals surface area contributed by atoms with Crippen LogP contribution >= 0.6 is 0 Å². The maximum Gasteiger partial charge on any atom is 0.330 e. The van der Waals surface area contributed by atoms with Crippen LogP contribution in [-0.4, -0.2) is 22.6 Å². The second-order valence-corrected chi connectivity index (χ2v) is 6.75. The zero-order chi connectivity index (χ0) is 18.8. The molecule has 2 amide bonds. The first-order valence-electron chi connectivity index (χ1n) is 9.10. The molecule has 0 atom stereocenters. The summed E-state index contributed by atoms with van der Waals surface area (Å²) in [5.74, 6) is 0.00759. The number of nitrogens with zero attached hydrogens (tertiary/aromatic N) is 1. The number of nitrogens with one attached hydrogen (secondary N) is 1. The van der Waals surface area contributed by atoms with E-state index >= 15 is 0 Å². The van der Waals surface area contributed by atoms with Crippen molar-refractivity contribution in [2.45, 2.75) is 31.8 Å². The van der Waals surface area contributed by atoms with Crippen LogP contribution in [0.25, 0.3) is 10.9 Å². The van der Waals surface area contributed by atoms with Crippen molar-refractivity contribution in [2.75, 3.05) is 5.32 Å². The summed E-state index contributed by atoms with van der Waals surface area (Å²) in [4.78, 5) is 24.8. The number of para-hydroxylation sites is 1. The van der Waals surface area contributed by atoms with Crippen molar-refractivity contribution in [3.8, 4) is 5.75 Å². The average molecular weight is 363 g/mol. The normalized spacial score (nSPS) is 14.4. The van der Waals surface area contributed by atoms with E-state index in [-0.39, 0.29) is 17.7 Å². The van der Waals surface area contributed by atoms with Crippen LogP contribution in [0.4, 0.5) is 10.5 Å². The van der Waals surface area contributed by atoms with Gasteiger partial charge in [-0.1, -0.05) is 24.3 Å². The molecule has 0 aliphatic heterocycles. The number of primary amides is 1. The Labute approximate surface area is 156 Å². The van der Waals surface area contributed by atoms with E-state index in [9.17, 15) is 9.59 Å². The number of hydrogen-bond donors (Lipinski definition) is 2. The molecule has 0 radical (unpaired) electrons. The minimum Gasteiger partial charge on any atom is -0.490 e. The number of benzene rings is 2. The fraction of sp³-hybridized carbons (Fsp3) is 0.238. The Morgan fingerprint density at radius 3 is 2.48 bits per heavy atom. The van der Waals surface area contributed by atoms with Crippen LogP contribution in [0, 0.1) is 0 Å². The van der Waals surface area contributed by atoms with Crippen LogP contribution in [-0.2, 0) is 0 Å². The average Bonchev–Trinajstić information content (AvgIpc) is 3.30. The van der Waals surface area contributed by atoms with Crippen molar-refractivity contribution < 1.29 is 14.3 Å². The Balaban J connectivity index is 1.75. The van der Waals surface area contributed by atoms with Crippen molar-refractivity contribution in [3.05, 3.63) is 60.3 Å². The van der Waals surface area contributed by atoms with Crippen LogP contribution in [0.2, 0.25) is 0 Å². The number of hydrogen-bond acceptors (Lipinski definition) is 3. The molecule has 4 rings (SSSR count). The molecule has 1 saturated carbocycles. The van der Waals surface area contributed by atoms with Gasteiger partial charge >= 0.3 is 6.03 Å². The molecule has 0 spiro atoms.